The predicted molar refractivity (Wildman–Crippen MR) is 81.7 cm³/mol. The van der Waals surface area contributed by atoms with Crippen molar-refractivity contribution < 1.29 is 0 Å². The van der Waals surface area contributed by atoms with E-state index in [1.807, 2.05) is 40.9 Å². The third-order valence-electron chi connectivity index (χ3n) is 3.19. The van der Waals surface area contributed by atoms with Gasteiger partial charge < -0.3 is 9.72 Å². The molecular weight excluding hydrogens is 270 g/mol. The fourth-order valence-corrected chi connectivity index (χ4v) is 2.40. The summed E-state index contributed by atoms with van der Waals surface area (Å²) in [6.07, 6.45) is 4.06. The molecule has 0 saturated heterocycles. The molecule has 0 aliphatic carbocycles. The van der Waals surface area contributed by atoms with Crippen molar-refractivity contribution in [3.63, 3.8) is 0 Å². The molecule has 0 amide bonds. The van der Waals surface area contributed by atoms with Crippen LogP contribution in [0, 0.1) is 0 Å². The second-order valence-corrected chi connectivity index (χ2v) is 5.02. The molecule has 102 valence electrons. The maximum absolute atomic E-state index is 5.84. The van der Waals surface area contributed by atoms with Gasteiger partial charge in [-0.25, -0.2) is 4.98 Å². The summed E-state index contributed by atoms with van der Waals surface area (Å²) in [6.45, 7) is 1.57. The molecule has 0 aliphatic heterocycles. The number of hydrogen-bond acceptors (Lipinski definition) is 2. The topological polar surface area (TPSA) is 29.3 Å². The van der Waals surface area contributed by atoms with Crippen LogP contribution in [-0.4, -0.2) is 9.38 Å². The first-order chi connectivity index (χ1) is 9.85. The highest BCUT2D eigenvalue weighted by molar-refractivity contribution is 6.17. The smallest absolute Gasteiger partial charge is 0.137 e. The van der Waals surface area contributed by atoms with E-state index < -0.39 is 0 Å². The molecule has 3 aromatic rings. The van der Waals surface area contributed by atoms with Crippen molar-refractivity contribution in [2.45, 2.75) is 19.0 Å². The number of hydrogen-bond donors (Lipinski definition) is 1. The molecular formula is C16H16ClN3. The minimum absolute atomic E-state index is 0.556. The van der Waals surface area contributed by atoms with E-state index in [-0.39, 0.29) is 0 Å². The number of halogens is 1. The van der Waals surface area contributed by atoms with Gasteiger partial charge in [0.05, 0.1) is 5.69 Å². The number of benzene rings is 1. The van der Waals surface area contributed by atoms with Crippen LogP contribution < -0.4 is 5.32 Å². The van der Waals surface area contributed by atoms with Crippen LogP contribution in [0.4, 0.5) is 0 Å². The SMILES string of the molecule is ClCc1cccc(CNCc2cn3ccccc3n2)c1. The minimum Gasteiger partial charge on any atom is -0.307 e. The molecule has 3 nitrogen and oxygen atoms in total. The Balaban J connectivity index is 1.61. The summed E-state index contributed by atoms with van der Waals surface area (Å²) in [4.78, 5) is 4.56. The van der Waals surface area contributed by atoms with Gasteiger partial charge in [0.1, 0.15) is 5.65 Å². The fourth-order valence-electron chi connectivity index (χ4n) is 2.23. The number of fused-ring (bicyclic) bond motifs is 1. The van der Waals surface area contributed by atoms with Crippen LogP contribution in [0.15, 0.2) is 54.9 Å². The normalized spacial score (nSPS) is 11.1. The van der Waals surface area contributed by atoms with Crippen LogP contribution in [0.3, 0.4) is 0 Å². The second-order valence-electron chi connectivity index (χ2n) is 4.76. The van der Waals surface area contributed by atoms with Crippen LogP contribution >= 0.6 is 11.6 Å². The molecule has 2 heterocycles. The Morgan fingerprint density at radius 3 is 2.80 bits per heavy atom. The average molecular weight is 286 g/mol. The molecule has 0 unspecified atom stereocenters. The van der Waals surface area contributed by atoms with Gasteiger partial charge >= 0.3 is 0 Å². The molecule has 0 spiro atoms. The Hall–Kier alpha value is -1.84. The van der Waals surface area contributed by atoms with Crippen molar-refractivity contribution in [2.24, 2.45) is 0 Å². The molecule has 0 bridgehead atoms. The Bertz CT molecular complexity index is 673. The van der Waals surface area contributed by atoms with Crippen LogP contribution in [0.1, 0.15) is 16.8 Å². The van der Waals surface area contributed by atoms with E-state index >= 15 is 0 Å². The molecule has 1 aromatic carbocycles. The van der Waals surface area contributed by atoms with E-state index in [2.05, 4.69) is 28.6 Å². The van der Waals surface area contributed by atoms with Gasteiger partial charge in [0.2, 0.25) is 0 Å². The van der Waals surface area contributed by atoms with Gasteiger partial charge in [0.15, 0.2) is 0 Å². The number of aromatic nitrogens is 2. The highest BCUT2D eigenvalue weighted by atomic mass is 35.5. The highest BCUT2D eigenvalue weighted by Crippen LogP contribution is 2.08. The zero-order valence-electron chi connectivity index (χ0n) is 11.1. The maximum atomic E-state index is 5.84. The maximum Gasteiger partial charge on any atom is 0.137 e. The van der Waals surface area contributed by atoms with Gasteiger partial charge in [0.25, 0.3) is 0 Å². The van der Waals surface area contributed by atoms with Crippen LogP contribution in [0.5, 0.6) is 0 Å². The summed E-state index contributed by atoms with van der Waals surface area (Å²) in [5.74, 6) is 0.556. The first-order valence-electron chi connectivity index (χ1n) is 6.62. The second kappa shape index (κ2) is 6.07. The van der Waals surface area contributed by atoms with Crippen molar-refractivity contribution >= 4 is 17.2 Å². The number of nitrogens with zero attached hydrogens (tertiary/aromatic N) is 2. The lowest BCUT2D eigenvalue weighted by molar-refractivity contribution is 0.682. The lowest BCUT2D eigenvalue weighted by atomic mass is 10.1. The van der Waals surface area contributed by atoms with Gasteiger partial charge in [-0.1, -0.05) is 30.3 Å². The zero-order valence-corrected chi connectivity index (χ0v) is 11.8. The quantitative estimate of drug-likeness (QED) is 0.729. The number of rotatable bonds is 5. The standard InChI is InChI=1S/C16H16ClN3/c17-9-13-4-3-5-14(8-13)10-18-11-15-12-20-7-2-1-6-16(20)19-15/h1-8,12,18H,9-11H2. The van der Waals surface area contributed by atoms with Gasteiger partial charge in [-0.15, -0.1) is 11.6 Å². The van der Waals surface area contributed by atoms with Crippen LogP contribution in [0.25, 0.3) is 5.65 Å². The van der Waals surface area contributed by atoms with E-state index in [0.29, 0.717) is 5.88 Å². The van der Waals surface area contributed by atoms with Gasteiger partial charge in [-0.05, 0) is 23.3 Å². The van der Waals surface area contributed by atoms with Crippen molar-refractivity contribution in [3.05, 3.63) is 71.7 Å². The summed E-state index contributed by atoms with van der Waals surface area (Å²) in [6, 6.07) is 14.3. The number of imidazole rings is 1. The largest absolute Gasteiger partial charge is 0.307 e. The average Bonchev–Trinajstić information content (AvgIpc) is 2.90. The van der Waals surface area contributed by atoms with Crippen molar-refractivity contribution in [1.82, 2.24) is 14.7 Å². The van der Waals surface area contributed by atoms with E-state index in [9.17, 15) is 0 Å². The van der Waals surface area contributed by atoms with Crippen LogP contribution in [-0.2, 0) is 19.0 Å². The third kappa shape index (κ3) is 3.00. The molecule has 0 fully saturated rings. The molecule has 4 heteroatoms. The molecule has 0 aliphatic rings. The highest BCUT2D eigenvalue weighted by Gasteiger charge is 2.01. The van der Waals surface area contributed by atoms with Gasteiger partial charge in [-0.3, -0.25) is 0 Å². The molecule has 2 aromatic heterocycles. The predicted octanol–water partition coefficient (Wildman–Crippen LogP) is 3.36. The molecule has 20 heavy (non-hydrogen) atoms. The summed E-state index contributed by atoms with van der Waals surface area (Å²) >= 11 is 5.84. The number of alkyl halides is 1. The Kier molecular flexibility index (Phi) is 4.00. The molecule has 0 radical (unpaired) electrons. The molecule has 0 atom stereocenters. The summed E-state index contributed by atoms with van der Waals surface area (Å²) < 4.78 is 2.03. The van der Waals surface area contributed by atoms with Crippen molar-refractivity contribution in [3.8, 4) is 0 Å². The van der Waals surface area contributed by atoms with E-state index in [1.165, 1.54) is 5.56 Å². The lowest BCUT2D eigenvalue weighted by Crippen LogP contribution is -2.12. The van der Waals surface area contributed by atoms with Crippen molar-refractivity contribution in [2.75, 3.05) is 0 Å². The first kappa shape index (κ1) is 13.2. The van der Waals surface area contributed by atoms with Crippen molar-refractivity contribution in [1.29, 1.82) is 0 Å². The van der Waals surface area contributed by atoms with Gasteiger partial charge in [0, 0.05) is 31.4 Å². The summed E-state index contributed by atoms with van der Waals surface area (Å²) in [5.41, 5.74) is 4.42. The summed E-state index contributed by atoms with van der Waals surface area (Å²) in [5, 5.41) is 3.41. The molecule has 3 rings (SSSR count). The minimum atomic E-state index is 0.556. The Morgan fingerprint density at radius 2 is 1.95 bits per heavy atom. The fraction of sp³-hybridized carbons (Fsp3) is 0.188. The Morgan fingerprint density at radius 1 is 1.05 bits per heavy atom. The number of pyridine rings is 1. The van der Waals surface area contributed by atoms with E-state index in [4.69, 9.17) is 11.6 Å². The molecule has 0 saturated carbocycles. The molecule has 1 N–H and O–H groups in total. The number of nitrogens with one attached hydrogen (secondary N) is 1. The zero-order chi connectivity index (χ0) is 13.8. The van der Waals surface area contributed by atoms with E-state index in [1.54, 1.807) is 0 Å². The summed E-state index contributed by atoms with van der Waals surface area (Å²) in [7, 11) is 0. The first-order valence-corrected chi connectivity index (χ1v) is 7.16. The van der Waals surface area contributed by atoms with Crippen LogP contribution in [0.2, 0.25) is 0 Å². The third-order valence-corrected chi connectivity index (χ3v) is 3.50. The lowest BCUT2D eigenvalue weighted by Gasteiger charge is -2.04. The Labute approximate surface area is 123 Å². The van der Waals surface area contributed by atoms with Gasteiger partial charge in [-0.2, -0.15) is 0 Å². The monoisotopic (exact) mass is 285 g/mol. The van der Waals surface area contributed by atoms with E-state index in [0.717, 1.165) is 30.0 Å².